The zero-order valence-electron chi connectivity index (χ0n) is 20.7. The molecule has 0 radical (unpaired) electrons. The average molecular weight is 505 g/mol. The van der Waals surface area contributed by atoms with Crippen LogP contribution in [0.1, 0.15) is 48.0 Å². The fourth-order valence-electron chi connectivity index (χ4n) is 3.38. The lowest BCUT2D eigenvalue weighted by Crippen LogP contribution is -2.36. The number of alkyl halides is 1. The second-order valence-electron chi connectivity index (χ2n) is 9.16. The monoisotopic (exact) mass is 504 g/mol. The van der Waals surface area contributed by atoms with Gasteiger partial charge >= 0.3 is 11.9 Å². The van der Waals surface area contributed by atoms with Crippen LogP contribution in [0, 0.1) is 5.92 Å². The van der Waals surface area contributed by atoms with Gasteiger partial charge in [-0.15, -0.1) is 0 Å². The first kappa shape index (κ1) is 26.5. The minimum atomic E-state index is -2.35. The highest BCUT2D eigenvalue weighted by Crippen LogP contribution is 2.53. The Labute approximate surface area is 209 Å². The van der Waals surface area contributed by atoms with Gasteiger partial charge in [-0.25, -0.2) is 9.18 Å². The Morgan fingerprint density at radius 1 is 0.886 bits per heavy atom. The number of rotatable bonds is 8. The molecule has 1 atom stereocenters. The van der Waals surface area contributed by atoms with Crippen LogP contribution in [-0.2, 0) is 9.59 Å². The predicted molar refractivity (Wildman–Crippen MR) is 133 cm³/mol. The summed E-state index contributed by atoms with van der Waals surface area (Å²) in [6, 6.07) is 4.77. The van der Waals surface area contributed by atoms with Gasteiger partial charge in [-0.2, -0.15) is 0 Å². The summed E-state index contributed by atoms with van der Waals surface area (Å²) < 4.78 is 38.9. The first-order chi connectivity index (χ1) is 16.4. The van der Waals surface area contributed by atoms with E-state index in [2.05, 4.69) is 0 Å². The van der Waals surface area contributed by atoms with Crippen LogP contribution in [0.2, 0.25) is 5.02 Å². The summed E-state index contributed by atoms with van der Waals surface area (Å²) in [4.78, 5) is 25.7. The largest absolute Gasteiger partial charge is 0.484 e. The van der Waals surface area contributed by atoms with Gasteiger partial charge in [0.1, 0.15) is 0 Å². The molecule has 0 heterocycles. The van der Waals surface area contributed by atoms with Gasteiger partial charge in [0.25, 0.3) is 0 Å². The molecule has 6 nitrogen and oxygen atoms in total. The Morgan fingerprint density at radius 3 is 2.00 bits per heavy atom. The minimum absolute atomic E-state index is 0.0160. The molecule has 8 heteroatoms. The lowest BCUT2D eigenvalue weighted by molar-refractivity contribution is -0.144. The maximum atomic E-state index is 15.4. The van der Waals surface area contributed by atoms with Gasteiger partial charge in [-0.1, -0.05) is 43.7 Å². The zero-order chi connectivity index (χ0) is 25.9. The van der Waals surface area contributed by atoms with Crippen molar-refractivity contribution in [2.24, 2.45) is 5.92 Å². The summed E-state index contributed by atoms with van der Waals surface area (Å²) in [5.74, 6) is -1.90. The molecule has 0 amide bonds. The Balaban J connectivity index is 2.32. The van der Waals surface area contributed by atoms with Crippen molar-refractivity contribution in [3.8, 4) is 23.0 Å². The van der Waals surface area contributed by atoms with Crippen molar-refractivity contribution in [2.75, 3.05) is 0 Å². The zero-order valence-corrected chi connectivity index (χ0v) is 21.4. The summed E-state index contributed by atoms with van der Waals surface area (Å²) in [5.41, 5.74) is -2.35. The summed E-state index contributed by atoms with van der Waals surface area (Å²) >= 11 is 6.28. The van der Waals surface area contributed by atoms with Crippen molar-refractivity contribution in [3.63, 3.8) is 0 Å². The van der Waals surface area contributed by atoms with E-state index in [1.165, 1.54) is 6.08 Å². The normalized spacial score (nSPS) is 17.3. The first-order valence-electron chi connectivity index (χ1n) is 11.5. The van der Waals surface area contributed by atoms with Gasteiger partial charge in [0.15, 0.2) is 11.5 Å². The highest BCUT2D eigenvalue weighted by atomic mass is 35.5. The van der Waals surface area contributed by atoms with Gasteiger partial charge < -0.3 is 18.9 Å². The molecule has 0 saturated carbocycles. The maximum absolute atomic E-state index is 15.4. The van der Waals surface area contributed by atoms with E-state index in [0.29, 0.717) is 15.8 Å². The summed E-state index contributed by atoms with van der Waals surface area (Å²) in [7, 11) is 0. The lowest BCUT2D eigenvalue weighted by Gasteiger charge is -2.26. The predicted octanol–water partition coefficient (Wildman–Crippen LogP) is 6.76. The SMILES string of the molecule is CC(C)Oc1c(OC(C)C)c(OC(=O)C2(F)C=CC=CC2)c2cc(Cl)ccc2c1OC(=O)C(C)C. The van der Waals surface area contributed by atoms with Crippen molar-refractivity contribution < 1.29 is 32.9 Å². The van der Waals surface area contributed by atoms with Crippen molar-refractivity contribution in [3.05, 3.63) is 47.5 Å². The number of carbonyl (C=O) groups is 2. The Hall–Kier alpha value is -3.06. The number of benzene rings is 2. The Bertz CT molecular complexity index is 1180. The van der Waals surface area contributed by atoms with Crippen molar-refractivity contribution in [1.82, 2.24) is 0 Å². The molecule has 188 valence electrons. The number of hydrogen-bond donors (Lipinski definition) is 0. The van der Waals surface area contributed by atoms with Crippen molar-refractivity contribution >= 4 is 34.3 Å². The van der Waals surface area contributed by atoms with E-state index in [4.69, 9.17) is 30.5 Å². The molecule has 1 aliphatic carbocycles. The number of carbonyl (C=O) groups excluding carboxylic acids is 2. The summed E-state index contributed by atoms with van der Waals surface area (Å²) in [5, 5.41) is 1.03. The lowest BCUT2D eigenvalue weighted by atomic mass is 9.97. The molecule has 0 saturated heterocycles. The van der Waals surface area contributed by atoms with E-state index in [9.17, 15) is 9.59 Å². The fourth-order valence-corrected chi connectivity index (χ4v) is 3.56. The van der Waals surface area contributed by atoms with Gasteiger partial charge in [0.05, 0.1) is 18.1 Å². The Morgan fingerprint density at radius 2 is 1.49 bits per heavy atom. The summed E-state index contributed by atoms with van der Waals surface area (Å²) in [6.45, 7) is 10.6. The van der Waals surface area contributed by atoms with Crippen molar-refractivity contribution in [1.29, 1.82) is 0 Å². The third kappa shape index (κ3) is 5.96. The minimum Gasteiger partial charge on any atom is -0.484 e. The quantitative estimate of drug-likeness (QED) is 0.292. The number of allylic oxidation sites excluding steroid dienone is 3. The van der Waals surface area contributed by atoms with Gasteiger partial charge in [-0.3, -0.25) is 4.79 Å². The van der Waals surface area contributed by atoms with Crippen LogP contribution < -0.4 is 18.9 Å². The standard InChI is InChI=1S/C27H30ClFO6/c1-15(2)25(30)34-21-19-11-10-18(28)14-20(19)22(24(33-17(5)6)23(21)32-16(3)4)35-26(31)27(29)12-8-7-9-13-27/h7-12,14-17H,13H2,1-6H3. The van der Waals surface area contributed by atoms with Crippen molar-refractivity contribution in [2.45, 2.75) is 65.8 Å². The number of ether oxygens (including phenoxy) is 4. The third-order valence-corrected chi connectivity index (χ3v) is 5.26. The molecule has 0 aromatic heterocycles. The topological polar surface area (TPSA) is 71.1 Å². The van der Waals surface area contributed by atoms with E-state index < -0.39 is 23.5 Å². The second kappa shape index (κ2) is 10.7. The molecule has 2 aromatic rings. The van der Waals surface area contributed by atoms with Gasteiger partial charge in [0.2, 0.25) is 17.2 Å². The molecule has 35 heavy (non-hydrogen) atoms. The van der Waals surface area contributed by atoms with Crippen LogP contribution in [0.4, 0.5) is 4.39 Å². The fraction of sp³-hybridized carbons (Fsp3) is 0.407. The summed E-state index contributed by atoms with van der Waals surface area (Å²) in [6.07, 6.45) is 4.90. The van der Waals surface area contributed by atoms with E-state index in [0.717, 1.165) is 6.08 Å². The molecule has 2 aromatic carbocycles. The number of fused-ring (bicyclic) bond motifs is 1. The van der Waals surface area contributed by atoms with Crippen LogP contribution >= 0.6 is 11.6 Å². The molecule has 0 fully saturated rings. The van der Waals surface area contributed by atoms with Gasteiger partial charge in [0, 0.05) is 22.2 Å². The second-order valence-corrected chi connectivity index (χ2v) is 9.60. The van der Waals surface area contributed by atoms with Crippen LogP contribution in [0.5, 0.6) is 23.0 Å². The van der Waals surface area contributed by atoms with Gasteiger partial charge in [-0.05, 0) is 52.0 Å². The van der Waals surface area contributed by atoms with E-state index in [1.54, 1.807) is 71.9 Å². The smallest absolute Gasteiger partial charge is 0.353 e. The molecule has 0 bridgehead atoms. The molecule has 0 spiro atoms. The molecular formula is C27H30ClFO6. The molecule has 0 N–H and O–H groups in total. The van der Waals surface area contributed by atoms with E-state index in [1.807, 2.05) is 0 Å². The molecular weight excluding hydrogens is 475 g/mol. The highest BCUT2D eigenvalue weighted by molar-refractivity contribution is 6.31. The molecule has 3 rings (SSSR count). The molecule has 1 aliphatic rings. The van der Waals surface area contributed by atoms with Crippen LogP contribution in [0.25, 0.3) is 10.8 Å². The Kier molecular flexibility index (Phi) is 8.11. The maximum Gasteiger partial charge on any atom is 0.353 e. The highest BCUT2D eigenvalue weighted by Gasteiger charge is 2.40. The van der Waals surface area contributed by atoms with E-state index in [-0.39, 0.29) is 41.6 Å². The molecule has 1 unspecified atom stereocenters. The first-order valence-corrected chi connectivity index (χ1v) is 11.9. The number of halogens is 2. The average Bonchev–Trinajstić information content (AvgIpc) is 2.77. The van der Waals surface area contributed by atoms with E-state index >= 15 is 4.39 Å². The van der Waals surface area contributed by atoms with Crippen LogP contribution in [-0.4, -0.2) is 29.8 Å². The number of hydrogen-bond acceptors (Lipinski definition) is 6. The van der Waals surface area contributed by atoms with Crippen LogP contribution in [0.15, 0.2) is 42.5 Å². The van der Waals surface area contributed by atoms with Crippen LogP contribution in [0.3, 0.4) is 0 Å². The number of esters is 2. The third-order valence-electron chi connectivity index (χ3n) is 5.03. The molecule has 0 aliphatic heterocycles.